The molecule has 1 aliphatic heterocycles. The molecule has 1 atom stereocenters. The van der Waals surface area contributed by atoms with E-state index in [-0.39, 0.29) is 5.82 Å². The van der Waals surface area contributed by atoms with Crippen LogP contribution in [-0.4, -0.2) is 6.54 Å². The second-order valence-corrected chi connectivity index (χ2v) is 4.18. The minimum absolute atomic E-state index is 0.175. The van der Waals surface area contributed by atoms with Gasteiger partial charge in [-0.15, -0.1) is 0 Å². The topological polar surface area (TPSA) is 12.0 Å². The Morgan fingerprint density at radius 2 is 2.31 bits per heavy atom. The van der Waals surface area contributed by atoms with E-state index in [4.69, 9.17) is 0 Å². The highest BCUT2D eigenvalue weighted by Crippen LogP contribution is 2.25. The van der Waals surface area contributed by atoms with Gasteiger partial charge in [0, 0.05) is 6.04 Å². The Balaban J connectivity index is 2.25. The third-order valence-electron chi connectivity index (χ3n) is 2.41. The number of hydrogen-bond acceptors (Lipinski definition) is 1. The van der Waals surface area contributed by atoms with E-state index in [2.05, 4.69) is 21.2 Å². The van der Waals surface area contributed by atoms with Crippen LogP contribution in [0.4, 0.5) is 4.39 Å². The van der Waals surface area contributed by atoms with Crippen molar-refractivity contribution in [2.24, 2.45) is 0 Å². The summed E-state index contributed by atoms with van der Waals surface area (Å²) in [4.78, 5) is 0. The van der Waals surface area contributed by atoms with Crippen molar-refractivity contribution in [2.45, 2.75) is 18.9 Å². The number of rotatable bonds is 1. The summed E-state index contributed by atoms with van der Waals surface area (Å²) >= 11 is 3.14. The van der Waals surface area contributed by atoms with E-state index in [0.29, 0.717) is 10.5 Å². The molecule has 1 aromatic rings. The molecule has 0 spiro atoms. The van der Waals surface area contributed by atoms with Gasteiger partial charge in [-0.25, -0.2) is 4.39 Å². The molecule has 0 bridgehead atoms. The average molecular weight is 244 g/mol. The molecule has 1 aliphatic rings. The van der Waals surface area contributed by atoms with E-state index >= 15 is 0 Å². The largest absolute Gasteiger partial charge is 0.310 e. The summed E-state index contributed by atoms with van der Waals surface area (Å²) < 4.78 is 13.7. The maximum absolute atomic E-state index is 13.2. The molecule has 1 heterocycles. The Labute approximate surface area is 85.5 Å². The van der Waals surface area contributed by atoms with Crippen LogP contribution < -0.4 is 5.32 Å². The van der Waals surface area contributed by atoms with E-state index in [1.165, 1.54) is 6.42 Å². The molecular formula is C10H11BrFN. The van der Waals surface area contributed by atoms with Crippen molar-refractivity contribution in [3.05, 3.63) is 34.1 Å². The second-order valence-electron chi connectivity index (χ2n) is 3.32. The highest BCUT2D eigenvalue weighted by atomic mass is 79.9. The number of hydrogen-bond donors (Lipinski definition) is 1. The average Bonchev–Trinajstić information content (AvgIpc) is 2.62. The molecule has 13 heavy (non-hydrogen) atoms. The lowest BCUT2D eigenvalue weighted by Gasteiger charge is -2.10. The molecule has 0 radical (unpaired) electrons. The maximum Gasteiger partial charge on any atom is 0.137 e. The molecule has 3 heteroatoms. The van der Waals surface area contributed by atoms with Crippen LogP contribution in [0.3, 0.4) is 0 Å². The standard InChI is InChI=1S/C10H11BrFN/c11-8-4-3-7(6-9(8)12)10-2-1-5-13-10/h3-4,6,10,13H,1-2,5H2. The van der Waals surface area contributed by atoms with Crippen LogP contribution in [0.25, 0.3) is 0 Å². The fourth-order valence-corrected chi connectivity index (χ4v) is 1.94. The number of nitrogens with one attached hydrogen (secondary N) is 1. The molecular weight excluding hydrogens is 233 g/mol. The Morgan fingerprint density at radius 1 is 1.46 bits per heavy atom. The van der Waals surface area contributed by atoms with Gasteiger partial charge in [0.05, 0.1) is 4.47 Å². The first-order valence-electron chi connectivity index (χ1n) is 4.46. The summed E-state index contributed by atoms with van der Waals surface area (Å²) in [6.07, 6.45) is 2.30. The summed E-state index contributed by atoms with van der Waals surface area (Å²) in [6, 6.07) is 5.69. The second kappa shape index (κ2) is 3.76. The molecule has 2 rings (SSSR count). The first kappa shape index (κ1) is 9.16. The predicted octanol–water partition coefficient (Wildman–Crippen LogP) is 3.01. The molecule has 1 nitrogen and oxygen atoms in total. The van der Waals surface area contributed by atoms with Crippen LogP contribution >= 0.6 is 15.9 Å². The van der Waals surface area contributed by atoms with Crippen LogP contribution in [0.2, 0.25) is 0 Å². The Morgan fingerprint density at radius 3 is 2.92 bits per heavy atom. The van der Waals surface area contributed by atoms with Gasteiger partial charge in [-0.3, -0.25) is 0 Å². The van der Waals surface area contributed by atoms with Crippen molar-refractivity contribution in [3.63, 3.8) is 0 Å². The van der Waals surface area contributed by atoms with Gasteiger partial charge < -0.3 is 5.32 Å². The third kappa shape index (κ3) is 1.92. The monoisotopic (exact) mass is 243 g/mol. The van der Waals surface area contributed by atoms with Crippen molar-refractivity contribution < 1.29 is 4.39 Å². The fourth-order valence-electron chi connectivity index (χ4n) is 1.70. The van der Waals surface area contributed by atoms with E-state index < -0.39 is 0 Å². The van der Waals surface area contributed by atoms with Crippen molar-refractivity contribution in [2.75, 3.05) is 6.54 Å². The van der Waals surface area contributed by atoms with Crippen LogP contribution in [0.1, 0.15) is 24.4 Å². The molecule has 1 fully saturated rings. The van der Waals surface area contributed by atoms with Crippen LogP contribution in [0, 0.1) is 5.82 Å². The molecule has 0 aromatic heterocycles. The summed E-state index contributed by atoms with van der Waals surface area (Å²) in [5, 5.41) is 3.34. The number of benzene rings is 1. The zero-order valence-corrected chi connectivity index (χ0v) is 8.77. The first-order valence-corrected chi connectivity index (χ1v) is 5.25. The van der Waals surface area contributed by atoms with E-state index in [1.54, 1.807) is 12.1 Å². The van der Waals surface area contributed by atoms with Gasteiger partial charge in [0.15, 0.2) is 0 Å². The Hall–Kier alpha value is -0.410. The normalized spacial score (nSPS) is 22.2. The van der Waals surface area contributed by atoms with Crippen LogP contribution in [0.15, 0.2) is 22.7 Å². The van der Waals surface area contributed by atoms with Crippen molar-refractivity contribution in [1.82, 2.24) is 5.32 Å². The zero-order valence-electron chi connectivity index (χ0n) is 7.19. The zero-order chi connectivity index (χ0) is 9.26. The summed E-state index contributed by atoms with van der Waals surface area (Å²) in [7, 11) is 0. The van der Waals surface area contributed by atoms with Crippen LogP contribution in [0.5, 0.6) is 0 Å². The summed E-state index contributed by atoms with van der Waals surface area (Å²) in [5.41, 5.74) is 1.05. The third-order valence-corrected chi connectivity index (χ3v) is 3.05. The van der Waals surface area contributed by atoms with Crippen LogP contribution in [-0.2, 0) is 0 Å². The lowest BCUT2D eigenvalue weighted by molar-refractivity contribution is 0.601. The van der Waals surface area contributed by atoms with Crippen molar-refractivity contribution >= 4 is 15.9 Å². The fraction of sp³-hybridized carbons (Fsp3) is 0.400. The van der Waals surface area contributed by atoms with Gasteiger partial charge in [0.25, 0.3) is 0 Å². The number of halogens is 2. The molecule has 1 N–H and O–H groups in total. The minimum Gasteiger partial charge on any atom is -0.310 e. The molecule has 70 valence electrons. The van der Waals surface area contributed by atoms with Gasteiger partial charge in [-0.2, -0.15) is 0 Å². The maximum atomic E-state index is 13.2. The smallest absolute Gasteiger partial charge is 0.137 e. The van der Waals surface area contributed by atoms with Gasteiger partial charge in [-0.1, -0.05) is 6.07 Å². The Bertz CT molecular complexity index is 308. The molecule has 0 amide bonds. The van der Waals surface area contributed by atoms with Gasteiger partial charge in [0.2, 0.25) is 0 Å². The lowest BCUT2D eigenvalue weighted by atomic mass is 10.1. The highest BCUT2D eigenvalue weighted by Gasteiger charge is 2.16. The van der Waals surface area contributed by atoms with E-state index in [1.807, 2.05) is 6.07 Å². The lowest BCUT2D eigenvalue weighted by Crippen LogP contribution is -2.12. The van der Waals surface area contributed by atoms with Crippen molar-refractivity contribution in [1.29, 1.82) is 0 Å². The molecule has 1 unspecified atom stereocenters. The first-order chi connectivity index (χ1) is 6.27. The van der Waals surface area contributed by atoms with Gasteiger partial charge >= 0.3 is 0 Å². The minimum atomic E-state index is -0.175. The van der Waals surface area contributed by atoms with Gasteiger partial charge in [0.1, 0.15) is 5.82 Å². The van der Waals surface area contributed by atoms with Gasteiger partial charge in [-0.05, 0) is 53.0 Å². The van der Waals surface area contributed by atoms with E-state index in [9.17, 15) is 4.39 Å². The molecule has 1 aromatic carbocycles. The molecule has 0 aliphatic carbocycles. The SMILES string of the molecule is Fc1cc(C2CCCN2)ccc1Br. The van der Waals surface area contributed by atoms with Crippen molar-refractivity contribution in [3.8, 4) is 0 Å². The Kier molecular flexibility index (Phi) is 2.65. The van der Waals surface area contributed by atoms with E-state index in [0.717, 1.165) is 18.5 Å². The molecule has 0 saturated carbocycles. The quantitative estimate of drug-likeness (QED) is 0.800. The predicted molar refractivity (Wildman–Crippen MR) is 54.1 cm³/mol. The summed E-state index contributed by atoms with van der Waals surface area (Å²) in [5.74, 6) is -0.175. The summed E-state index contributed by atoms with van der Waals surface area (Å²) in [6.45, 7) is 1.04. The highest BCUT2D eigenvalue weighted by molar-refractivity contribution is 9.10. The molecule has 1 saturated heterocycles.